The normalized spacial score (nSPS) is 19.8. The predicted octanol–water partition coefficient (Wildman–Crippen LogP) is 2.68. The molecule has 20 heavy (non-hydrogen) atoms. The first kappa shape index (κ1) is 17.4. The van der Waals surface area contributed by atoms with Crippen LogP contribution in [0.4, 0.5) is 0 Å². The van der Waals surface area contributed by atoms with Gasteiger partial charge in [0.2, 0.25) is 0 Å². The Morgan fingerprint density at radius 3 is 2.25 bits per heavy atom. The lowest BCUT2D eigenvalue weighted by Gasteiger charge is -2.38. The molecule has 0 aliphatic carbocycles. The van der Waals surface area contributed by atoms with Crippen molar-refractivity contribution in [1.82, 2.24) is 9.80 Å². The van der Waals surface area contributed by atoms with E-state index in [1.54, 1.807) is 0 Å². The van der Waals surface area contributed by atoms with E-state index in [2.05, 4.69) is 29.9 Å². The van der Waals surface area contributed by atoms with Gasteiger partial charge in [-0.25, -0.2) is 0 Å². The molecule has 0 aromatic heterocycles. The molecule has 2 atom stereocenters. The Kier molecular flexibility index (Phi) is 8.83. The van der Waals surface area contributed by atoms with E-state index in [9.17, 15) is 5.11 Å². The van der Waals surface area contributed by atoms with Gasteiger partial charge in [0, 0.05) is 25.7 Å². The molecule has 1 fully saturated rings. The van der Waals surface area contributed by atoms with Crippen LogP contribution in [-0.4, -0.2) is 59.8 Å². The molecule has 3 nitrogen and oxygen atoms in total. The Bertz CT molecular complexity index is 264. The molecular formula is C17H32N2O. The Hall–Kier alpha value is -0.640. The summed E-state index contributed by atoms with van der Waals surface area (Å²) in [5.74, 6) is 0. The van der Waals surface area contributed by atoms with Crippen LogP contribution in [0.5, 0.6) is 0 Å². The quantitative estimate of drug-likeness (QED) is 0.623. The Labute approximate surface area is 125 Å². The summed E-state index contributed by atoms with van der Waals surface area (Å²) in [5.41, 5.74) is 0. The zero-order chi connectivity index (χ0) is 14.8. The van der Waals surface area contributed by atoms with E-state index in [4.69, 9.17) is 0 Å². The van der Waals surface area contributed by atoms with Crippen molar-refractivity contribution in [2.24, 2.45) is 0 Å². The lowest BCUT2D eigenvalue weighted by atomic mass is 10.0. The number of piperidine rings is 1. The first-order chi connectivity index (χ1) is 9.72. The third kappa shape index (κ3) is 5.78. The van der Waals surface area contributed by atoms with Gasteiger partial charge in [-0.3, -0.25) is 4.90 Å². The molecule has 0 aromatic rings. The van der Waals surface area contributed by atoms with Crippen LogP contribution < -0.4 is 0 Å². The number of aliphatic hydroxyl groups excluding tert-OH is 1. The molecule has 1 heterocycles. The molecule has 0 bridgehead atoms. The molecule has 116 valence electrons. The molecule has 1 rings (SSSR count). The first-order valence-electron chi connectivity index (χ1n) is 8.09. The van der Waals surface area contributed by atoms with Crippen LogP contribution in [0.2, 0.25) is 0 Å². The van der Waals surface area contributed by atoms with E-state index in [-0.39, 0.29) is 12.1 Å². The van der Waals surface area contributed by atoms with E-state index in [0.717, 1.165) is 32.5 Å². The second-order valence-corrected chi connectivity index (χ2v) is 5.82. The Morgan fingerprint density at radius 1 is 1.15 bits per heavy atom. The fourth-order valence-corrected chi connectivity index (χ4v) is 3.05. The van der Waals surface area contributed by atoms with Crippen molar-refractivity contribution in [3.8, 4) is 0 Å². The average molecular weight is 280 g/mol. The van der Waals surface area contributed by atoms with E-state index in [0.29, 0.717) is 0 Å². The third-order valence-electron chi connectivity index (χ3n) is 4.12. The average Bonchev–Trinajstić information content (AvgIpc) is 2.46. The largest absolute Gasteiger partial charge is 0.391 e. The number of aliphatic hydroxyl groups is 1. The molecular weight excluding hydrogens is 248 g/mol. The van der Waals surface area contributed by atoms with Gasteiger partial charge in [0.25, 0.3) is 0 Å². The van der Waals surface area contributed by atoms with Crippen molar-refractivity contribution in [3.63, 3.8) is 0 Å². The smallest absolute Gasteiger partial charge is 0.0708 e. The van der Waals surface area contributed by atoms with Gasteiger partial charge in [0.1, 0.15) is 0 Å². The summed E-state index contributed by atoms with van der Waals surface area (Å²) in [5, 5.41) is 10.5. The van der Waals surface area contributed by atoms with Gasteiger partial charge in [0.05, 0.1) is 6.10 Å². The van der Waals surface area contributed by atoms with E-state index in [1.807, 2.05) is 12.2 Å². The summed E-state index contributed by atoms with van der Waals surface area (Å²) < 4.78 is 0. The van der Waals surface area contributed by atoms with Crippen LogP contribution in [-0.2, 0) is 0 Å². The van der Waals surface area contributed by atoms with Gasteiger partial charge in [-0.1, -0.05) is 31.9 Å². The topological polar surface area (TPSA) is 26.7 Å². The SMILES string of the molecule is C=CCN(CC=C)[C@@H](CN1CCCCC1)[C@H](O)CCC. The zero-order valence-corrected chi connectivity index (χ0v) is 13.1. The van der Waals surface area contributed by atoms with Crippen molar-refractivity contribution in [1.29, 1.82) is 0 Å². The van der Waals surface area contributed by atoms with Crippen molar-refractivity contribution in [3.05, 3.63) is 25.3 Å². The maximum atomic E-state index is 10.5. The van der Waals surface area contributed by atoms with Gasteiger partial charge >= 0.3 is 0 Å². The number of nitrogens with zero attached hydrogens (tertiary/aromatic N) is 2. The first-order valence-corrected chi connectivity index (χ1v) is 8.09. The van der Waals surface area contributed by atoms with Crippen molar-refractivity contribution < 1.29 is 5.11 Å². The number of likely N-dealkylation sites (tertiary alicyclic amines) is 1. The van der Waals surface area contributed by atoms with Crippen LogP contribution in [0.25, 0.3) is 0 Å². The molecule has 1 aliphatic rings. The summed E-state index contributed by atoms with van der Waals surface area (Å²) in [7, 11) is 0. The molecule has 1 aliphatic heterocycles. The molecule has 3 heteroatoms. The summed E-state index contributed by atoms with van der Waals surface area (Å²) in [4.78, 5) is 4.81. The standard InChI is InChI=1S/C17H32N2O/c1-4-10-17(20)16(19(11-5-2)12-6-3)15-18-13-8-7-9-14-18/h5-6,16-17,20H,2-4,7-15H2,1H3/t16-,17+/m0/s1. The van der Waals surface area contributed by atoms with Crippen LogP contribution in [0.3, 0.4) is 0 Å². The minimum atomic E-state index is -0.262. The van der Waals surface area contributed by atoms with Gasteiger partial charge in [0.15, 0.2) is 0 Å². The summed E-state index contributed by atoms with van der Waals surface area (Å²) in [6.45, 7) is 14.8. The second kappa shape index (κ2) is 10.1. The molecule has 0 spiro atoms. The Morgan fingerprint density at radius 2 is 1.75 bits per heavy atom. The molecule has 0 amide bonds. The van der Waals surface area contributed by atoms with Crippen LogP contribution in [0.1, 0.15) is 39.0 Å². The summed E-state index contributed by atoms with van der Waals surface area (Å²) in [6.07, 6.45) is 9.40. The monoisotopic (exact) mass is 280 g/mol. The molecule has 0 radical (unpaired) electrons. The number of rotatable bonds is 10. The molecule has 1 N–H and O–H groups in total. The van der Waals surface area contributed by atoms with Gasteiger partial charge in [-0.2, -0.15) is 0 Å². The second-order valence-electron chi connectivity index (χ2n) is 5.82. The maximum Gasteiger partial charge on any atom is 0.0708 e. The highest BCUT2D eigenvalue weighted by atomic mass is 16.3. The number of hydrogen-bond donors (Lipinski definition) is 1. The molecule has 0 aromatic carbocycles. The van der Waals surface area contributed by atoms with E-state index in [1.165, 1.54) is 32.4 Å². The zero-order valence-electron chi connectivity index (χ0n) is 13.1. The van der Waals surface area contributed by atoms with Gasteiger partial charge < -0.3 is 10.0 Å². The fourth-order valence-electron chi connectivity index (χ4n) is 3.05. The fraction of sp³-hybridized carbons (Fsp3) is 0.765. The molecule has 0 saturated carbocycles. The highest BCUT2D eigenvalue weighted by Gasteiger charge is 2.27. The van der Waals surface area contributed by atoms with Gasteiger partial charge in [-0.15, -0.1) is 13.2 Å². The highest BCUT2D eigenvalue weighted by molar-refractivity contribution is 4.90. The van der Waals surface area contributed by atoms with E-state index < -0.39 is 0 Å². The van der Waals surface area contributed by atoms with Crippen molar-refractivity contribution in [2.75, 3.05) is 32.7 Å². The summed E-state index contributed by atoms with van der Waals surface area (Å²) in [6, 6.07) is 0.184. The van der Waals surface area contributed by atoms with Crippen molar-refractivity contribution in [2.45, 2.75) is 51.2 Å². The number of hydrogen-bond acceptors (Lipinski definition) is 3. The molecule has 1 saturated heterocycles. The van der Waals surface area contributed by atoms with Crippen molar-refractivity contribution >= 4 is 0 Å². The van der Waals surface area contributed by atoms with Gasteiger partial charge in [-0.05, 0) is 32.4 Å². The maximum absolute atomic E-state index is 10.5. The third-order valence-corrected chi connectivity index (χ3v) is 4.12. The Balaban J connectivity index is 2.69. The van der Waals surface area contributed by atoms with Crippen LogP contribution in [0.15, 0.2) is 25.3 Å². The van der Waals surface area contributed by atoms with Crippen LogP contribution >= 0.6 is 0 Å². The minimum absolute atomic E-state index is 0.184. The van der Waals surface area contributed by atoms with E-state index >= 15 is 0 Å². The van der Waals surface area contributed by atoms with Crippen LogP contribution in [0, 0.1) is 0 Å². The predicted molar refractivity (Wildman–Crippen MR) is 87.0 cm³/mol. The molecule has 0 unspecified atom stereocenters. The lowest BCUT2D eigenvalue weighted by Crippen LogP contribution is -2.51. The highest BCUT2D eigenvalue weighted by Crippen LogP contribution is 2.16. The minimum Gasteiger partial charge on any atom is -0.391 e. The summed E-state index contributed by atoms with van der Waals surface area (Å²) >= 11 is 0. The lowest BCUT2D eigenvalue weighted by molar-refractivity contribution is 0.0285.